The molecule has 2 aliphatic rings. The second kappa shape index (κ2) is 4.47. The Morgan fingerprint density at radius 2 is 2.11 bits per heavy atom. The van der Waals surface area contributed by atoms with E-state index in [1.165, 1.54) is 12.8 Å². The van der Waals surface area contributed by atoms with Gasteiger partial charge >= 0.3 is 0 Å². The zero-order chi connectivity index (χ0) is 12.8. The van der Waals surface area contributed by atoms with E-state index in [2.05, 4.69) is 9.88 Å². The van der Waals surface area contributed by atoms with Crippen molar-refractivity contribution >= 4 is 28.1 Å². The van der Waals surface area contributed by atoms with Gasteiger partial charge in [-0.3, -0.25) is 4.57 Å². The standard InChI is InChI=1S/C12H13ClN4OS/c13-10-3-16(7-14-10)11-6-19-12(15-11)17-8-1-2-9(17)5-18-4-8/h3,6-9H,1-2,4-5H2/t8-,9+. The first-order valence-corrected chi connectivity index (χ1v) is 7.58. The minimum atomic E-state index is 0.487. The summed E-state index contributed by atoms with van der Waals surface area (Å²) in [5.41, 5.74) is 0. The Labute approximate surface area is 119 Å². The molecule has 2 bridgehead atoms. The summed E-state index contributed by atoms with van der Waals surface area (Å²) < 4.78 is 7.46. The summed E-state index contributed by atoms with van der Waals surface area (Å²) in [6.07, 6.45) is 5.87. The van der Waals surface area contributed by atoms with Crippen molar-refractivity contribution in [2.45, 2.75) is 24.9 Å². The van der Waals surface area contributed by atoms with Crippen LogP contribution in [0.25, 0.3) is 5.82 Å². The van der Waals surface area contributed by atoms with Crippen molar-refractivity contribution in [3.8, 4) is 5.82 Å². The molecule has 4 rings (SSSR count). The highest BCUT2D eigenvalue weighted by Gasteiger charge is 2.38. The molecule has 0 radical (unpaired) electrons. The summed E-state index contributed by atoms with van der Waals surface area (Å²) in [7, 11) is 0. The van der Waals surface area contributed by atoms with Gasteiger partial charge in [0.2, 0.25) is 0 Å². The van der Waals surface area contributed by atoms with E-state index in [0.717, 1.165) is 24.2 Å². The van der Waals surface area contributed by atoms with E-state index in [1.807, 2.05) is 9.95 Å². The highest BCUT2D eigenvalue weighted by Crippen LogP contribution is 2.36. The van der Waals surface area contributed by atoms with E-state index in [-0.39, 0.29) is 0 Å². The normalized spacial score (nSPS) is 26.1. The van der Waals surface area contributed by atoms with Crippen LogP contribution in [0.15, 0.2) is 17.9 Å². The Hall–Kier alpha value is -1.11. The fraction of sp³-hybridized carbons (Fsp3) is 0.500. The molecule has 4 heterocycles. The first kappa shape index (κ1) is 11.7. The quantitative estimate of drug-likeness (QED) is 0.853. The number of hydrogen-bond acceptors (Lipinski definition) is 5. The lowest BCUT2D eigenvalue weighted by molar-refractivity contribution is 0.0906. The van der Waals surface area contributed by atoms with Gasteiger partial charge in [-0.1, -0.05) is 11.6 Å². The van der Waals surface area contributed by atoms with E-state index in [9.17, 15) is 0 Å². The SMILES string of the molecule is Clc1cn(-c2csc(N3[C@@H]4CC[C@H]3COC4)n2)cn1. The van der Waals surface area contributed by atoms with Gasteiger partial charge in [0, 0.05) is 11.6 Å². The zero-order valence-corrected chi connectivity index (χ0v) is 11.8. The number of nitrogens with zero attached hydrogens (tertiary/aromatic N) is 4. The molecule has 2 aliphatic heterocycles. The molecule has 0 spiro atoms. The summed E-state index contributed by atoms with van der Waals surface area (Å²) in [6, 6.07) is 0.980. The van der Waals surface area contributed by atoms with Crippen molar-refractivity contribution < 1.29 is 4.74 Å². The molecule has 2 aromatic heterocycles. The van der Waals surface area contributed by atoms with Crippen molar-refractivity contribution in [1.29, 1.82) is 0 Å². The van der Waals surface area contributed by atoms with Crippen LogP contribution in [0.3, 0.4) is 0 Å². The van der Waals surface area contributed by atoms with Gasteiger partial charge in [0.15, 0.2) is 10.9 Å². The van der Waals surface area contributed by atoms with Crippen LogP contribution < -0.4 is 4.90 Å². The second-order valence-corrected chi connectivity index (χ2v) is 6.15. The molecule has 19 heavy (non-hydrogen) atoms. The van der Waals surface area contributed by atoms with Gasteiger partial charge in [-0.15, -0.1) is 11.3 Å². The van der Waals surface area contributed by atoms with Crippen molar-refractivity contribution in [1.82, 2.24) is 14.5 Å². The minimum absolute atomic E-state index is 0.487. The van der Waals surface area contributed by atoms with Crippen molar-refractivity contribution in [3.63, 3.8) is 0 Å². The molecule has 0 unspecified atom stereocenters. The van der Waals surface area contributed by atoms with Crippen LogP contribution in [0.2, 0.25) is 5.15 Å². The van der Waals surface area contributed by atoms with Crippen LogP contribution in [-0.2, 0) is 4.74 Å². The highest BCUT2D eigenvalue weighted by molar-refractivity contribution is 7.14. The molecule has 2 fully saturated rings. The fourth-order valence-electron chi connectivity index (χ4n) is 2.86. The summed E-state index contributed by atoms with van der Waals surface area (Å²) in [5.74, 6) is 0.880. The fourth-order valence-corrected chi connectivity index (χ4v) is 3.96. The molecule has 0 N–H and O–H groups in total. The van der Waals surface area contributed by atoms with Crippen LogP contribution in [0.4, 0.5) is 5.13 Å². The van der Waals surface area contributed by atoms with Crippen LogP contribution in [0.5, 0.6) is 0 Å². The van der Waals surface area contributed by atoms with E-state index >= 15 is 0 Å². The third kappa shape index (κ3) is 1.94. The van der Waals surface area contributed by atoms with Gasteiger partial charge in [-0.2, -0.15) is 0 Å². The number of hydrogen-bond donors (Lipinski definition) is 0. The molecule has 2 aromatic rings. The summed E-state index contributed by atoms with van der Waals surface area (Å²) in [6.45, 7) is 1.64. The molecule has 100 valence electrons. The smallest absolute Gasteiger partial charge is 0.188 e. The molecule has 5 nitrogen and oxygen atoms in total. The molecule has 2 saturated heterocycles. The third-order valence-electron chi connectivity index (χ3n) is 3.76. The Morgan fingerprint density at radius 3 is 2.79 bits per heavy atom. The monoisotopic (exact) mass is 296 g/mol. The van der Waals surface area contributed by atoms with Crippen LogP contribution in [0.1, 0.15) is 12.8 Å². The predicted molar refractivity (Wildman–Crippen MR) is 74.4 cm³/mol. The van der Waals surface area contributed by atoms with Gasteiger partial charge in [-0.25, -0.2) is 9.97 Å². The molecule has 2 atom stereocenters. The molecular weight excluding hydrogens is 284 g/mol. The summed E-state index contributed by atoms with van der Waals surface area (Å²) in [4.78, 5) is 11.2. The number of rotatable bonds is 2. The maximum absolute atomic E-state index is 5.84. The first-order valence-electron chi connectivity index (χ1n) is 6.33. The third-order valence-corrected chi connectivity index (χ3v) is 4.79. The molecular formula is C12H13ClN4OS. The number of aromatic nitrogens is 3. The Balaban J connectivity index is 1.65. The molecule has 0 saturated carbocycles. The average molecular weight is 297 g/mol. The van der Waals surface area contributed by atoms with Crippen LogP contribution >= 0.6 is 22.9 Å². The van der Waals surface area contributed by atoms with Crippen LogP contribution in [0, 0.1) is 0 Å². The minimum Gasteiger partial charge on any atom is -0.377 e. The first-order chi connectivity index (χ1) is 9.31. The van der Waals surface area contributed by atoms with Crippen LogP contribution in [-0.4, -0.2) is 39.8 Å². The highest BCUT2D eigenvalue weighted by atomic mass is 35.5. The van der Waals surface area contributed by atoms with Gasteiger partial charge < -0.3 is 9.64 Å². The number of anilines is 1. The Morgan fingerprint density at radius 1 is 1.32 bits per heavy atom. The maximum atomic E-state index is 5.84. The predicted octanol–water partition coefficient (Wildman–Crippen LogP) is 2.35. The average Bonchev–Trinajstić information content (AvgIpc) is 3.08. The molecule has 0 aromatic carbocycles. The molecule has 0 amide bonds. The Bertz CT molecular complexity index is 582. The van der Waals surface area contributed by atoms with E-state index in [4.69, 9.17) is 21.3 Å². The lowest BCUT2D eigenvalue weighted by atomic mass is 10.2. The molecule has 0 aliphatic carbocycles. The Kier molecular flexibility index (Phi) is 2.75. The second-order valence-electron chi connectivity index (χ2n) is 4.92. The number of imidazole rings is 1. The van der Waals surface area contributed by atoms with Gasteiger partial charge in [0.25, 0.3) is 0 Å². The van der Waals surface area contributed by atoms with Crippen molar-refractivity contribution in [2.24, 2.45) is 0 Å². The van der Waals surface area contributed by atoms with E-state index in [1.54, 1.807) is 23.9 Å². The number of ether oxygens (including phenoxy) is 1. The molecule has 7 heteroatoms. The van der Waals surface area contributed by atoms with Gasteiger partial charge in [0.1, 0.15) is 11.5 Å². The van der Waals surface area contributed by atoms with Gasteiger partial charge in [0.05, 0.1) is 25.3 Å². The van der Waals surface area contributed by atoms with E-state index in [0.29, 0.717) is 17.2 Å². The largest absolute Gasteiger partial charge is 0.377 e. The number of thiazole rings is 1. The zero-order valence-electron chi connectivity index (χ0n) is 10.2. The maximum Gasteiger partial charge on any atom is 0.188 e. The van der Waals surface area contributed by atoms with E-state index < -0.39 is 0 Å². The lowest BCUT2D eigenvalue weighted by Gasteiger charge is -2.34. The van der Waals surface area contributed by atoms with Crippen molar-refractivity contribution in [2.75, 3.05) is 18.1 Å². The summed E-state index contributed by atoms with van der Waals surface area (Å²) in [5, 5.41) is 3.61. The lowest BCUT2D eigenvalue weighted by Crippen LogP contribution is -2.45. The number of fused-ring (bicyclic) bond motifs is 2. The number of morpholine rings is 1. The van der Waals surface area contributed by atoms with Gasteiger partial charge in [-0.05, 0) is 12.8 Å². The summed E-state index contributed by atoms with van der Waals surface area (Å²) >= 11 is 7.51. The van der Waals surface area contributed by atoms with Crippen molar-refractivity contribution in [3.05, 3.63) is 23.1 Å². The number of halogens is 1. The topological polar surface area (TPSA) is 43.2 Å².